The van der Waals surface area contributed by atoms with Crippen molar-refractivity contribution in [1.29, 1.82) is 0 Å². The first-order valence-corrected chi connectivity index (χ1v) is 3.29. The third-order valence-corrected chi connectivity index (χ3v) is 1.41. The fraction of sp³-hybridized carbons (Fsp3) is 0.286. The number of aliphatic hydroxyl groups is 1. The van der Waals surface area contributed by atoms with Crippen molar-refractivity contribution >= 4 is 5.82 Å². The van der Waals surface area contributed by atoms with Crippen molar-refractivity contribution in [2.75, 3.05) is 5.73 Å². The third kappa shape index (κ3) is 1.68. The molecular formula is C7H8F2N2O. The molecule has 66 valence electrons. The van der Waals surface area contributed by atoms with Crippen molar-refractivity contribution in [2.24, 2.45) is 0 Å². The van der Waals surface area contributed by atoms with Crippen LogP contribution in [-0.4, -0.2) is 10.1 Å². The minimum Gasteiger partial charge on any atom is -0.390 e. The van der Waals surface area contributed by atoms with E-state index in [9.17, 15) is 8.78 Å². The van der Waals surface area contributed by atoms with E-state index in [2.05, 4.69) is 4.98 Å². The minimum atomic E-state index is -2.62. The Morgan fingerprint density at radius 2 is 2.17 bits per heavy atom. The van der Waals surface area contributed by atoms with Crippen molar-refractivity contribution in [2.45, 2.75) is 13.0 Å². The minimum absolute atomic E-state index is 0.225. The molecule has 0 aliphatic heterocycles. The first-order valence-electron chi connectivity index (χ1n) is 3.29. The highest BCUT2D eigenvalue weighted by atomic mass is 19.3. The molecule has 0 atom stereocenters. The number of alkyl halides is 2. The lowest BCUT2D eigenvalue weighted by Crippen LogP contribution is -2.01. The Morgan fingerprint density at radius 3 is 2.58 bits per heavy atom. The van der Waals surface area contributed by atoms with Gasteiger partial charge in [0, 0.05) is 0 Å². The Kier molecular flexibility index (Phi) is 2.54. The fourth-order valence-electron chi connectivity index (χ4n) is 0.800. The van der Waals surface area contributed by atoms with Gasteiger partial charge in [-0.05, 0) is 12.1 Å². The number of nitrogen functional groups attached to an aromatic ring is 1. The molecule has 0 bridgehead atoms. The first kappa shape index (κ1) is 8.86. The third-order valence-electron chi connectivity index (χ3n) is 1.41. The van der Waals surface area contributed by atoms with Gasteiger partial charge in [0.2, 0.25) is 0 Å². The second-order valence-electron chi connectivity index (χ2n) is 2.24. The Balaban J connectivity index is 3.03. The summed E-state index contributed by atoms with van der Waals surface area (Å²) in [7, 11) is 0. The van der Waals surface area contributed by atoms with Gasteiger partial charge < -0.3 is 10.8 Å². The number of aliphatic hydroxyl groups excluding tert-OH is 1. The first-order chi connectivity index (χ1) is 5.65. The van der Waals surface area contributed by atoms with Gasteiger partial charge >= 0.3 is 0 Å². The molecule has 3 N–H and O–H groups in total. The fourth-order valence-corrected chi connectivity index (χ4v) is 0.800. The number of nitrogens with zero attached hydrogens (tertiary/aromatic N) is 1. The van der Waals surface area contributed by atoms with E-state index < -0.39 is 6.43 Å². The van der Waals surface area contributed by atoms with Crippen LogP contribution in [-0.2, 0) is 6.61 Å². The molecule has 0 saturated carbocycles. The van der Waals surface area contributed by atoms with Gasteiger partial charge in [0.05, 0.1) is 17.9 Å². The summed E-state index contributed by atoms with van der Waals surface area (Å²) in [5, 5.41) is 8.59. The predicted molar refractivity (Wildman–Crippen MR) is 39.5 cm³/mol. The highest BCUT2D eigenvalue weighted by Gasteiger charge is 2.11. The largest absolute Gasteiger partial charge is 0.390 e. The van der Waals surface area contributed by atoms with Crippen LogP contribution in [0.25, 0.3) is 0 Å². The Hall–Kier alpha value is -1.23. The van der Waals surface area contributed by atoms with Crippen molar-refractivity contribution in [3.63, 3.8) is 0 Å². The van der Waals surface area contributed by atoms with Crippen LogP contribution >= 0.6 is 0 Å². The SMILES string of the molecule is Nc1nc(CO)ccc1C(F)F. The molecule has 0 fully saturated rings. The summed E-state index contributed by atoms with van der Waals surface area (Å²) in [5.74, 6) is -0.225. The summed E-state index contributed by atoms with van der Waals surface area (Å²) in [6, 6.07) is 2.48. The summed E-state index contributed by atoms with van der Waals surface area (Å²) in [6.07, 6.45) is -2.62. The number of aromatic nitrogens is 1. The quantitative estimate of drug-likeness (QED) is 0.705. The molecule has 0 aromatic carbocycles. The topological polar surface area (TPSA) is 59.1 Å². The smallest absolute Gasteiger partial charge is 0.267 e. The molecule has 1 rings (SSSR count). The van der Waals surface area contributed by atoms with Crippen LogP contribution in [0, 0.1) is 0 Å². The van der Waals surface area contributed by atoms with Gasteiger partial charge in [-0.25, -0.2) is 13.8 Å². The van der Waals surface area contributed by atoms with Crippen molar-refractivity contribution in [3.8, 4) is 0 Å². The lowest BCUT2D eigenvalue weighted by atomic mass is 10.2. The molecule has 1 heterocycles. The standard InChI is InChI=1S/C7H8F2N2O/c8-6(9)5-2-1-4(3-12)11-7(5)10/h1-2,6,12H,3H2,(H2,10,11). The zero-order valence-electron chi connectivity index (χ0n) is 6.17. The van der Waals surface area contributed by atoms with Gasteiger partial charge in [-0.1, -0.05) is 0 Å². The Labute approximate surface area is 67.8 Å². The van der Waals surface area contributed by atoms with E-state index in [0.29, 0.717) is 0 Å². The molecule has 0 spiro atoms. The molecule has 1 aromatic heterocycles. The van der Waals surface area contributed by atoms with Crippen LogP contribution in [0.3, 0.4) is 0 Å². The molecule has 3 nitrogen and oxygen atoms in total. The van der Waals surface area contributed by atoms with E-state index in [4.69, 9.17) is 10.8 Å². The highest BCUT2D eigenvalue weighted by Crippen LogP contribution is 2.23. The number of nitrogens with two attached hydrogens (primary N) is 1. The Morgan fingerprint density at radius 1 is 1.50 bits per heavy atom. The second-order valence-corrected chi connectivity index (χ2v) is 2.24. The van der Waals surface area contributed by atoms with Crippen LogP contribution in [0.1, 0.15) is 17.7 Å². The zero-order valence-corrected chi connectivity index (χ0v) is 6.17. The summed E-state index contributed by atoms with van der Waals surface area (Å²) < 4.78 is 24.2. The molecule has 0 aliphatic rings. The molecule has 1 aromatic rings. The van der Waals surface area contributed by atoms with Crippen molar-refractivity contribution < 1.29 is 13.9 Å². The van der Waals surface area contributed by atoms with Crippen LogP contribution < -0.4 is 5.73 Å². The predicted octanol–water partition coefficient (Wildman–Crippen LogP) is 1.09. The molecule has 5 heteroatoms. The molecule has 12 heavy (non-hydrogen) atoms. The molecular weight excluding hydrogens is 166 g/mol. The summed E-state index contributed by atoms with van der Waals surface area (Å²) in [4.78, 5) is 3.56. The Bertz CT molecular complexity index is 278. The van der Waals surface area contributed by atoms with Crippen molar-refractivity contribution in [3.05, 3.63) is 23.4 Å². The van der Waals surface area contributed by atoms with Gasteiger partial charge in [-0.2, -0.15) is 0 Å². The monoisotopic (exact) mass is 174 g/mol. The number of hydrogen-bond acceptors (Lipinski definition) is 3. The highest BCUT2D eigenvalue weighted by molar-refractivity contribution is 5.40. The normalized spacial score (nSPS) is 10.7. The number of halogens is 2. The molecule has 0 amide bonds. The number of rotatable bonds is 2. The van der Waals surface area contributed by atoms with Gasteiger partial charge in [-0.15, -0.1) is 0 Å². The van der Waals surface area contributed by atoms with Crippen LogP contribution in [0.5, 0.6) is 0 Å². The molecule has 0 radical (unpaired) electrons. The van der Waals surface area contributed by atoms with E-state index in [1.807, 2.05) is 0 Å². The van der Waals surface area contributed by atoms with Crippen molar-refractivity contribution in [1.82, 2.24) is 4.98 Å². The summed E-state index contributed by atoms with van der Waals surface area (Å²) >= 11 is 0. The van der Waals surface area contributed by atoms with E-state index in [1.165, 1.54) is 12.1 Å². The van der Waals surface area contributed by atoms with E-state index >= 15 is 0 Å². The zero-order chi connectivity index (χ0) is 9.14. The lowest BCUT2D eigenvalue weighted by molar-refractivity contribution is 0.151. The van der Waals surface area contributed by atoms with E-state index in [-0.39, 0.29) is 23.7 Å². The average Bonchev–Trinajstić information content (AvgIpc) is 2.03. The number of hydrogen-bond donors (Lipinski definition) is 2. The number of pyridine rings is 1. The van der Waals surface area contributed by atoms with Crippen LogP contribution in [0.4, 0.5) is 14.6 Å². The molecule has 0 saturated heterocycles. The maximum atomic E-state index is 12.1. The maximum Gasteiger partial charge on any atom is 0.267 e. The van der Waals surface area contributed by atoms with Gasteiger partial charge in [0.1, 0.15) is 5.82 Å². The van der Waals surface area contributed by atoms with E-state index in [1.54, 1.807) is 0 Å². The van der Waals surface area contributed by atoms with Crippen LogP contribution in [0.2, 0.25) is 0 Å². The van der Waals surface area contributed by atoms with Gasteiger partial charge in [0.15, 0.2) is 0 Å². The van der Waals surface area contributed by atoms with E-state index in [0.717, 1.165) is 0 Å². The average molecular weight is 174 g/mol. The number of anilines is 1. The summed E-state index contributed by atoms with van der Waals surface area (Å²) in [5.41, 5.74) is 5.19. The summed E-state index contributed by atoms with van der Waals surface area (Å²) in [6.45, 7) is -0.298. The maximum absolute atomic E-state index is 12.1. The second kappa shape index (κ2) is 3.44. The van der Waals surface area contributed by atoms with Gasteiger partial charge in [0.25, 0.3) is 6.43 Å². The van der Waals surface area contributed by atoms with Gasteiger partial charge in [-0.3, -0.25) is 0 Å². The van der Waals surface area contributed by atoms with Crippen LogP contribution in [0.15, 0.2) is 12.1 Å². The molecule has 0 aliphatic carbocycles. The lowest BCUT2D eigenvalue weighted by Gasteiger charge is -2.04. The molecule has 0 unspecified atom stereocenters.